The molecule has 1 aromatic carbocycles. The van der Waals surface area contributed by atoms with Gasteiger partial charge in [0.2, 0.25) is 0 Å². The van der Waals surface area contributed by atoms with Crippen molar-refractivity contribution in [2.45, 2.75) is 25.4 Å². The van der Waals surface area contributed by atoms with Crippen molar-refractivity contribution in [2.24, 2.45) is 5.92 Å². The molecule has 7 nitrogen and oxygen atoms in total. The maximum Gasteiger partial charge on any atom is 0.266 e. The molecular weight excluding hydrogens is 471 g/mol. The van der Waals surface area contributed by atoms with E-state index >= 15 is 0 Å². The fraction of sp³-hybridized carbons (Fsp3) is 0.261. The highest BCUT2D eigenvalue weighted by Gasteiger charge is 2.31. The maximum atomic E-state index is 14.1. The minimum Gasteiger partial charge on any atom is -0.394 e. The molecule has 1 fully saturated rings. The number of pyridine rings is 2. The smallest absolute Gasteiger partial charge is 0.266 e. The number of fused-ring (bicyclic) bond motifs is 1. The summed E-state index contributed by atoms with van der Waals surface area (Å²) in [5, 5.41) is 17.3. The highest BCUT2D eigenvalue weighted by molar-refractivity contribution is 6.32. The van der Waals surface area contributed by atoms with Crippen LogP contribution in [-0.2, 0) is 6.54 Å². The van der Waals surface area contributed by atoms with E-state index in [0.29, 0.717) is 35.1 Å². The van der Waals surface area contributed by atoms with Gasteiger partial charge >= 0.3 is 0 Å². The van der Waals surface area contributed by atoms with Crippen LogP contribution in [0.3, 0.4) is 0 Å². The highest BCUT2D eigenvalue weighted by atomic mass is 35.5. The van der Waals surface area contributed by atoms with Crippen molar-refractivity contribution in [3.8, 4) is 5.69 Å². The number of hydrogen-bond acceptors (Lipinski definition) is 5. The molecule has 1 aliphatic carbocycles. The molecule has 3 heterocycles. The molecule has 11 heteroatoms. The summed E-state index contributed by atoms with van der Waals surface area (Å²) in [5.74, 6) is -2.24. The lowest BCUT2D eigenvalue weighted by molar-refractivity contribution is 0.263. The summed E-state index contributed by atoms with van der Waals surface area (Å²) in [4.78, 5) is 17.5. The summed E-state index contributed by atoms with van der Waals surface area (Å²) < 4.78 is 44.0. The maximum absolute atomic E-state index is 14.1. The molecule has 1 saturated carbocycles. The van der Waals surface area contributed by atoms with E-state index in [2.05, 4.69) is 15.4 Å². The Morgan fingerprint density at radius 3 is 2.59 bits per heavy atom. The highest BCUT2D eigenvalue weighted by Crippen LogP contribution is 2.34. The lowest BCUT2D eigenvalue weighted by Gasteiger charge is -2.17. The second-order valence-electron chi connectivity index (χ2n) is 8.23. The first-order valence-electron chi connectivity index (χ1n) is 10.6. The number of anilines is 1. The summed E-state index contributed by atoms with van der Waals surface area (Å²) in [6.07, 6.45) is 6.27. The average Bonchev–Trinajstić information content (AvgIpc) is 3.56. The van der Waals surface area contributed by atoms with Crippen molar-refractivity contribution in [3.63, 3.8) is 0 Å². The van der Waals surface area contributed by atoms with Gasteiger partial charge in [-0.15, -0.1) is 0 Å². The molecule has 0 bridgehead atoms. The van der Waals surface area contributed by atoms with Gasteiger partial charge in [-0.1, -0.05) is 11.6 Å². The van der Waals surface area contributed by atoms with E-state index < -0.39 is 23.0 Å². The molecular formula is C23H19ClF3N5O2. The normalized spacial score (nSPS) is 14.5. The van der Waals surface area contributed by atoms with Crippen molar-refractivity contribution in [1.82, 2.24) is 19.3 Å². The van der Waals surface area contributed by atoms with Crippen LogP contribution in [0.25, 0.3) is 16.6 Å². The van der Waals surface area contributed by atoms with Crippen molar-refractivity contribution in [2.75, 3.05) is 11.9 Å². The number of aliphatic hydroxyl groups is 1. The predicted octanol–water partition coefficient (Wildman–Crippen LogP) is 3.88. The fourth-order valence-electron chi connectivity index (χ4n) is 3.96. The number of aromatic nitrogens is 4. The first-order chi connectivity index (χ1) is 16.4. The Morgan fingerprint density at radius 1 is 1.18 bits per heavy atom. The Labute approximate surface area is 196 Å². The monoisotopic (exact) mass is 489 g/mol. The lowest BCUT2D eigenvalue weighted by Crippen LogP contribution is -2.26. The van der Waals surface area contributed by atoms with Crippen LogP contribution < -0.4 is 10.9 Å². The first kappa shape index (κ1) is 22.4. The van der Waals surface area contributed by atoms with Crippen LogP contribution in [0.4, 0.5) is 19.0 Å². The van der Waals surface area contributed by atoms with Gasteiger partial charge in [-0.2, -0.15) is 5.10 Å². The van der Waals surface area contributed by atoms with Crippen LogP contribution in [0.15, 0.2) is 47.7 Å². The first-order valence-corrected chi connectivity index (χ1v) is 11.0. The van der Waals surface area contributed by atoms with E-state index in [0.717, 1.165) is 12.8 Å². The number of benzene rings is 1. The van der Waals surface area contributed by atoms with E-state index in [9.17, 15) is 23.1 Å². The standard InChI is InChI=1S/C23H19ClF3N5O2/c24-16-9-28-22(30-19(11-33)12-1-2-12)7-21(16)31-4-3-20-14(23(31)34)8-29-32(20)10-15-17(26)5-13(25)6-18(15)27/h3-9,12,19,33H,1-2,10-11H2,(H,28,30)/t19-/m1/s1. The Bertz CT molecular complexity index is 1430. The van der Waals surface area contributed by atoms with Crippen LogP contribution in [0.2, 0.25) is 5.02 Å². The van der Waals surface area contributed by atoms with E-state index in [1.54, 1.807) is 12.1 Å². The van der Waals surface area contributed by atoms with Crippen LogP contribution >= 0.6 is 11.6 Å². The van der Waals surface area contributed by atoms with Crippen LogP contribution in [0.5, 0.6) is 0 Å². The lowest BCUT2D eigenvalue weighted by atomic mass is 10.2. The van der Waals surface area contributed by atoms with Gasteiger partial charge in [0.25, 0.3) is 5.56 Å². The van der Waals surface area contributed by atoms with Gasteiger partial charge in [0, 0.05) is 30.0 Å². The molecule has 0 radical (unpaired) electrons. The minimum absolute atomic E-state index is 0.0371. The predicted molar refractivity (Wildman–Crippen MR) is 121 cm³/mol. The van der Waals surface area contributed by atoms with E-state index in [1.165, 1.54) is 27.8 Å². The van der Waals surface area contributed by atoms with Gasteiger partial charge in [0.1, 0.15) is 23.3 Å². The summed E-state index contributed by atoms with van der Waals surface area (Å²) in [5.41, 5.74) is -0.0785. The van der Waals surface area contributed by atoms with Crippen LogP contribution in [0.1, 0.15) is 18.4 Å². The second-order valence-corrected chi connectivity index (χ2v) is 8.64. The van der Waals surface area contributed by atoms with Crippen LogP contribution in [-0.4, -0.2) is 37.1 Å². The largest absolute Gasteiger partial charge is 0.394 e. The van der Waals surface area contributed by atoms with Gasteiger partial charge < -0.3 is 10.4 Å². The number of aliphatic hydroxyl groups excluding tert-OH is 1. The van der Waals surface area contributed by atoms with Gasteiger partial charge in [0.15, 0.2) is 0 Å². The molecule has 5 rings (SSSR count). The minimum atomic E-state index is -1.04. The zero-order valence-corrected chi connectivity index (χ0v) is 18.4. The molecule has 0 amide bonds. The molecule has 0 aliphatic heterocycles. The zero-order valence-electron chi connectivity index (χ0n) is 17.7. The quantitative estimate of drug-likeness (QED) is 0.411. The van der Waals surface area contributed by atoms with E-state index in [4.69, 9.17) is 11.6 Å². The van der Waals surface area contributed by atoms with E-state index in [1.807, 2.05) is 0 Å². The molecule has 0 saturated heterocycles. The Balaban J connectivity index is 1.50. The molecule has 0 unspecified atom stereocenters. The molecule has 2 N–H and O–H groups in total. The van der Waals surface area contributed by atoms with Crippen LogP contribution in [0, 0.1) is 23.4 Å². The molecule has 4 aromatic rings. The molecule has 1 atom stereocenters. The zero-order chi connectivity index (χ0) is 24.0. The van der Waals surface area contributed by atoms with Gasteiger partial charge in [-0.3, -0.25) is 14.0 Å². The number of hydrogen-bond donors (Lipinski definition) is 2. The van der Waals surface area contributed by atoms with Crippen molar-refractivity contribution in [3.05, 3.63) is 81.2 Å². The number of nitrogens with zero attached hydrogens (tertiary/aromatic N) is 4. The SMILES string of the molecule is O=c1c2cnn(Cc3c(F)cc(F)cc3F)c2ccn1-c1cc(N[C@H](CO)C2CC2)ncc1Cl. The summed E-state index contributed by atoms with van der Waals surface area (Å²) in [7, 11) is 0. The topological polar surface area (TPSA) is 85.0 Å². The number of nitrogens with one attached hydrogen (secondary N) is 1. The number of rotatable bonds is 7. The fourth-order valence-corrected chi connectivity index (χ4v) is 4.15. The third-order valence-corrected chi connectivity index (χ3v) is 6.23. The average molecular weight is 490 g/mol. The summed E-state index contributed by atoms with van der Waals surface area (Å²) in [6.45, 7) is -0.358. The Kier molecular flexibility index (Phi) is 5.78. The van der Waals surface area contributed by atoms with Crippen molar-refractivity contribution in [1.29, 1.82) is 0 Å². The third kappa shape index (κ3) is 4.14. The molecule has 3 aromatic heterocycles. The second kappa shape index (κ2) is 8.77. The third-order valence-electron chi connectivity index (χ3n) is 5.94. The molecule has 176 valence electrons. The van der Waals surface area contributed by atoms with Crippen molar-refractivity contribution < 1.29 is 18.3 Å². The van der Waals surface area contributed by atoms with E-state index in [-0.39, 0.29) is 35.2 Å². The molecule has 1 aliphatic rings. The Hall–Kier alpha value is -3.37. The van der Waals surface area contributed by atoms with Gasteiger partial charge in [-0.25, -0.2) is 18.2 Å². The van der Waals surface area contributed by atoms with Gasteiger partial charge in [0.05, 0.1) is 53.2 Å². The molecule has 34 heavy (non-hydrogen) atoms. The summed E-state index contributed by atoms with van der Waals surface area (Å²) in [6, 6.07) is 4.26. The Morgan fingerprint density at radius 2 is 1.91 bits per heavy atom. The number of halogens is 4. The van der Waals surface area contributed by atoms with Crippen molar-refractivity contribution >= 4 is 28.3 Å². The molecule has 0 spiro atoms. The van der Waals surface area contributed by atoms with Gasteiger partial charge in [-0.05, 0) is 24.8 Å². The summed E-state index contributed by atoms with van der Waals surface area (Å²) >= 11 is 6.33.